The molecule has 4 fully saturated rings. The van der Waals surface area contributed by atoms with Crippen molar-refractivity contribution in [3.63, 3.8) is 0 Å². The van der Waals surface area contributed by atoms with Gasteiger partial charge in [-0.25, -0.2) is 14.4 Å². The number of hydrogen-bond donors (Lipinski definition) is 2. The fraction of sp³-hybridized carbons (Fsp3) is 0.525. The third kappa shape index (κ3) is 5.39. The zero-order chi connectivity index (χ0) is 35.9. The number of carbonyl (C=O) groups is 2. The normalized spacial score (nSPS) is 25.9. The molecule has 12 heteroatoms. The maximum absolute atomic E-state index is 14.8. The number of anilines is 3. The van der Waals surface area contributed by atoms with E-state index in [1.165, 1.54) is 45.5 Å². The van der Waals surface area contributed by atoms with Gasteiger partial charge in [-0.1, -0.05) is 12.1 Å². The van der Waals surface area contributed by atoms with Crippen LogP contribution >= 0.6 is 0 Å². The lowest BCUT2D eigenvalue weighted by Gasteiger charge is -2.49. The molecule has 4 aromatic rings. The Balaban J connectivity index is 1.09. The van der Waals surface area contributed by atoms with Crippen molar-refractivity contribution in [2.45, 2.75) is 95.4 Å². The summed E-state index contributed by atoms with van der Waals surface area (Å²) in [7, 11) is 0. The van der Waals surface area contributed by atoms with E-state index < -0.39 is 17.3 Å². The van der Waals surface area contributed by atoms with Crippen molar-refractivity contribution < 1.29 is 19.1 Å². The van der Waals surface area contributed by atoms with Gasteiger partial charge in [0.25, 0.3) is 5.91 Å². The summed E-state index contributed by atoms with van der Waals surface area (Å²) in [4.78, 5) is 47.7. The minimum atomic E-state index is -1.07. The molecule has 2 saturated heterocycles. The highest BCUT2D eigenvalue weighted by Gasteiger charge is 2.56. The second-order valence-electron chi connectivity index (χ2n) is 16.2. The molecule has 2 bridgehead atoms. The SMILES string of the molecule is CC(C)n1cnc2cc(-c3ccc4c(c3)N([C@H]3C[C@@H](N5CC6CCC(C6)C5)C3)C(=O)C43CCN(C(=O)[C@@H](C)O)CC3)nc(Nc3ccncc3F)c21. The van der Waals surface area contributed by atoms with Crippen molar-refractivity contribution in [3.8, 4) is 11.3 Å². The van der Waals surface area contributed by atoms with Crippen LogP contribution in [0, 0.1) is 17.7 Å². The molecule has 0 radical (unpaired) electrons. The molecule has 2 N–H and O–H groups in total. The van der Waals surface area contributed by atoms with E-state index in [2.05, 4.69) is 46.1 Å². The summed E-state index contributed by atoms with van der Waals surface area (Å²) in [6.07, 6.45) is 10.5. The first kappa shape index (κ1) is 33.4. The number of imidazole rings is 1. The van der Waals surface area contributed by atoms with Crippen LogP contribution in [0.2, 0.25) is 0 Å². The van der Waals surface area contributed by atoms with Gasteiger partial charge in [0.1, 0.15) is 11.6 Å². The van der Waals surface area contributed by atoms with Crippen LogP contribution in [0.5, 0.6) is 0 Å². The van der Waals surface area contributed by atoms with Crippen molar-refractivity contribution in [2.24, 2.45) is 11.8 Å². The van der Waals surface area contributed by atoms with Gasteiger partial charge in [-0.15, -0.1) is 0 Å². The highest BCUT2D eigenvalue weighted by atomic mass is 19.1. The number of carbonyl (C=O) groups excluding carboxylic acids is 2. The summed E-state index contributed by atoms with van der Waals surface area (Å²) in [6, 6.07) is 10.5. The predicted molar refractivity (Wildman–Crippen MR) is 197 cm³/mol. The number of benzene rings is 1. The molecule has 2 aliphatic carbocycles. The highest BCUT2D eigenvalue weighted by molar-refractivity contribution is 6.09. The molecule has 1 spiro atoms. The largest absolute Gasteiger partial charge is 0.384 e. The number of fused-ring (bicyclic) bond motifs is 5. The fourth-order valence-electron chi connectivity index (χ4n) is 9.87. The third-order valence-corrected chi connectivity index (χ3v) is 12.7. The zero-order valence-corrected chi connectivity index (χ0v) is 30.1. The number of hydrogen-bond acceptors (Lipinski definition) is 8. The Morgan fingerprint density at radius 3 is 2.46 bits per heavy atom. The Bertz CT molecular complexity index is 2040. The Kier molecular flexibility index (Phi) is 8.11. The minimum absolute atomic E-state index is 0.102. The molecule has 11 nitrogen and oxygen atoms in total. The second-order valence-corrected chi connectivity index (χ2v) is 16.2. The number of aromatic nitrogens is 4. The van der Waals surface area contributed by atoms with Crippen molar-refractivity contribution in [3.05, 3.63) is 60.4 Å². The van der Waals surface area contributed by atoms with Gasteiger partial charge in [0, 0.05) is 61.8 Å². The minimum Gasteiger partial charge on any atom is -0.384 e. The van der Waals surface area contributed by atoms with Crippen LogP contribution in [0.3, 0.4) is 0 Å². The molecule has 2 unspecified atom stereocenters. The second kappa shape index (κ2) is 12.6. The monoisotopic (exact) mass is 706 g/mol. The summed E-state index contributed by atoms with van der Waals surface area (Å²) < 4.78 is 16.9. The van der Waals surface area contributed by atoms with Crippen LogP contribution in [-0.4, -0.2) is 90.6 Å². The van der Waals surface area contributed by atoms with E-state index in [0.717, 1.165) is 52.5 Å². The van der Waals surface area contributed by atoms with Gasteiger partial charge in [-0.3, -0.25) is 19.5 Å². The van der Waals surface area contributed by atoms with Crippen LogP contribution in [-0.2, 0) is 15.0 Å². The van der Waals surface area contributed by atoms with E-state index in [1.807, 2.05) is 16.7 Å². The predicted octanol–water partition coefficient (Wildman–Crippen LogP) is 5.81. The van der Waals surface area contributed by atoms with Gasteiger partial charge >= 0.3 is 0 Å². The van der Waals surface area contributed by atoms with Gasteiger partial charge < -0.3 is 24.8 Å². The van der Waals surface area contributed by atoms with Crippen LogP contribution in [0.15, 0.2) is 49.1 Å². The molecule has 1 aromatic carbocycles. The number of rotatable bonds is 7. The Morgan fingerprint density at radius 2 is 1.77 bits per heavy atom. The first-order valence-electron chi connectivity index (χ1n) is 19.0. The summed E-state index contributed by atoms with van der Waals surface area (Å²) in [5, 5.41) is 13.2. The lowest BCUT2D eigenvalue weighted by Crippen LogP contribution is -2.59. The number of pyridine rings is 2. The number of likely N-dealkylation sites (tertiary alicyclic amines) is 2. The van der Waals surface area contributed by atoms with E-state index >= 15 is 0 Å². The van der Waals surface area contributed by atoms with Gasteiger partial charge in [-0.2, -0.15) is 0 Å². The van der Waals surface area contributed by atoms with Crippen LogP contribution in [0.25, 0.3) is 22.3 Å². The van der Waals surface area contributed by atoms with E-state index in [4.69, 9.17) is 9.97 Å². The number of piperidine rings is 2. The summed E-state index contributed by atoms with van der Waals surface area (Å²) in [5.74, 6) is 1.48. The Labute approximate surface area is 303 Å². The van der Waals surface area contributed by atoms with Crippen LogP contribution in [0.1, 0.15) is 77.3 Å². The lowest BCUT2D eigenvalue weighted by atomic mass is 9.73. The topological polar surface area (TPSA) is 120 Å². The van der Waals surface area contributed by atoms with E-state index in [0.29, 0.717) is 43.5 Å². The average molecular weight is 707 g/mol. The lowest BCUT2D eigenvalue weighted by molar-refractivity contribution is -0.142. The number of halogens is 1. The third-order valence-electron chi connectivity index (χ3n) is 12.7. The molecule has 6 heterocycles. The Morgan fingerprint density at radius 1 is 1.02 bits per heavy atom. The van der Waals surface area contributed by atoms with E-state index in [9.17, 15) is 19.1 Å². The van der Waals surface area contributed by atoms with Gasteiger partial charge in [-0.05, 0) is 101 Å². The first-order chi connectivity index (χ1) is 25.1. The molecular formula is C40H47FN8O3. The van der Waals surface area contributed by atoms with Gasteiger partial charge in [0.05, 0.1) is 34.8 Å². The molecule has 3 aromatic heterocycles. The molecule has 9 rings (SSSR count). The zero-order valence-electron chi connectivity index (χ0n) is 30.1. The fourth-order valence-corrected chi connectivity index (χ4v) is 9.87. The first-order valence-corrected chi connectivity index (χ1v) is 19.0. The van der Waals surface area contributed by atoms with Crippen molar-refractivity contribution in [2.75, 3.05) is 36.4 Å². The van der Waals surface area contributed by atoms with E-state index in [-0.39, 0.29) is 29.6 Å². The number of nitrogens with one attached hydrogen (secondary N) is 1. The molecule has 3 aliphatic heterocycles. The highest BCUT2D eigenvalue weighted by Crippen LogP contribution is 2.52. The maximum Gasteiger partial charge on any atom is 0.251 e. The molecule has 52 heavy (non-hydrogen) atoms. The number of nitrogens with zero attached hydrogens (tertiary/aromatic N) is 7. The maximum atomic E-state index is 14.8. The standard InChI is InChI=1S/C40H47FN8O3/c1-23(2)48-22-43-34-18-33(45-37(36(34)48)44-32-8-11-42-19-31(32)41)27-6-7-30-35(15-27)49(29-16-28(17-29)47-20-25-4-5-26(14-25)21-47)39(52)40(30)9-12-46(13-10-40)38(51)24(3)50/h6-8,11,15,18-19,22-26,28-29,50H,4-5,9-10,12-14,16-17,20-21H2,1-3H3,(H,42,44,45)/t24-,25?,26?,28-,29+/m1/s1. The molecule has 272 valence electrons. The van der Waals surface area contributed by atoms with E-state index in [1.54, 1.807) is 23.5 Å². The van der Waals surface area contributed by atoms with Crippen molar-refractivity contribution >= 4 is 40.0 Å². The quantitative estimate of drug-likeness (QED) is 0.247. The van der Waals surface area contributed by atoms with Crippen molar-refractivity contribution in [1.29, 1.82) is 0 Å². The number of aliphatic hydroxyl groups is 1. The molecule has 2 saturated carbocycles. The molecule has 5 aliphatic rings. The number of aliphatic hydroxyl groups excluding tert-OH is 1. The van der Waals surface area contributed by atoms with Gasteiger partial charge in [0.15, 0.2) is 11.6 Å². The summed E-state index contributed by atoms with van der Waals surface area (Å²) >= 11 is 0. The molecular weight excluding hydrogens is 659 g/mol. The smallest absolute Gasteiger partial charge is 0.251 e. The van der Waals surface area contributed by atoms with Crippen molar-refractivity contribution in [1.82, 2.24) is 29.3 Å². The average Bonchev–Trinajstić information content (AvgIpc) is 3.77. The Hall–Kier alpha value is -4.42. The van der Waals surface area contributed by atoms with Crippen LogP contribution in [0.4, 0.5) is 21.6 Å². The summed E-state index contributed by atoms with van der Waals surface area (Å²) in [5.41, 5.74) is 4.49. The number of amides is 2. The molecule has 2 amide bonds. The van der Waals surface area contributed by atoms with Crippen LogP contribution < -0.4 is 10.2 Å². The molecule has 3 atom stereocenters. The van der Waals surface area contributed by atoms with Gasteiger partial charge in [0.2, 0.25) is 5.91 Å². The summed E-state index contributed by atoms with van der Waals surface area (Å²) in [6.45, 7) is 8.84.